The van der Waals surface area contributed by atoms with E-state index in [1.54, 1.807) is 0 Å². The zero-order chi connectivity index (χ0) is 14.3. The number of carbonyl (C=O) groups excluding carboxylic acids is 1. The van der Waals surface area contributed by atoms with Crippen molar-refractivity contribution in [2.45, 2.75) is 71.8 Å². The number of hydrogen-bond donors (Lipinski definition) is 1. The Hall–Kier alpha value is -0.570. The Morgan fingerprint density at radius 1 is 1.16 bits per heavy atom. The molecular formula is C16H31NO2. The normalized spacial score (nSPS) is 24.2. The van der Waals surface area contributed by atoms with Gasteiger partial charge in [0.25, 0.3) is 0 Å². The molecule has 19 heavy (non-hydrogen) atoms. The van der Waals surface area contributed by atoms with Gasteiger partial charge < -0.3 is 10.1 Å². The lowest BCUT2D eigenvalue weighted by Gasteiger charge is -2.28. The smallest absolute Gasteiger partial charge is 0.307 e. The van der Waals surface area contributed by atoms with Crippen molar-refractivity contribution in [3.63, 3.8) is 0 Å². The van der Waals surface area contributed by atoms with Crippen LogP contribution in [-0.4, -0.2) is 24.7 Å². The Kier molecular flexibility index (Phi) is 6.84. The third-order valence-electron chi connectivity index (χ3n) is 3.90. The fourth-order valence-corrected chi connectivity index (χ4v) is 2.73. The van der Waals surface area contributed by atoms with E-state index in [1.165, 1.54) is 32.1 Å². The van der Waals surface area contributed by atoms with E-state index in [9.17, 15) is 4.79 Å². The molecule has 1 aliphatic carbocycles. The second kappa shape index (κ2) is 7.88. The van der Waals surface area contributed by atoms with Crippen molar-refractivity contribution in [2.24, 2.45) is 11.8 Å². The third kappa shape index (κ3) is 7.56. The van der Waals surface area contributed by atoms with Crippen LogP contribution in [0, 0.1) is 11.8 Å². The third-order valence-corrected chi connectivity index (χ3v) is 3.90. The molecule has 0 aromatic rings. The van der Waals surface area contributed by atoms with Gasteiger partial charge in [-0.25, -0.2) is 0 Å². The van der Waals surface area contributed by atoms with Gasteiger partial charge >= 0.3 is 5.97 Å². The van der Waals surface area contributed by atoms with Crippen molar-refractivity contribution in [1.82, 2.24) is 5.32 Å². The Balaban J connectivity index is 2.04. The van der Waals surface area contributed by atoms with Crippen LogP contribution in [0.4, 0.5) is 0 Å². The molecule has 3 nitrogen and oxygen atoms in total. The first-order valence-electron chi connectivity index (χ1n) is 7.83. The highest BCUT2D eigenvalue weighted by Gasteiger charge is 2.20. The summed E-state index contributed by atoms with van der Waals surface area (Å²) in [4.78, 5) is 11.5. The largest absolute Gasteiger partial charge is 0.460 e. The molecule has 0 heterocycles. The number of nitrogens with one attached hydrogen (secondary N) is 1. The molecule has 1 aliphatic rings. The Labute approximate surface area is 118 Å². The van der Waals surface area contributed by atoms with Gasteiger partial charge in [-0.3, -0.25) is 4.79 Å². The number of carbonyl (C=O) groups is 1. The van der Waals surface area contributed by atoms with E-state index in [2.05, 4.69) is 12.2 Å². The molecule has 0 bridgehead atoms. The Bertz CT molecular complexity index is 262. The maximum Gasteiger partial charge on any atom is 0.307 e. The molecule has 0 saturated heterocycles. The van der Waals surface area contributed by atoms with Gasteiger partial charge in [-0.1, -0.05) is 26.2 Å². The van der Waals surface area contributed by atoms with Crippen LogP contribution in [0.1, 0.15) is 66.2 Å². The zero-order valence-electron chi connectivity index (χ0n) is 13.1. The monoisotopic (exact) mass is 269 g/mol. The van der Waals surface area contributed by atoms with E-state index in [4.69, 9.17) is 4.74 Å². The molecule has 0 aromatic carbocycles. The zero-order valence-corrected chi connectivity index (χ0v) is 13.1. The van der Waals surface area contributed by atoms with E-state index < -0.39 is 0 Å². The van der Waals surface area contributed by atoms with Crippen LogP contribution in [0.2, 0.25) is 0 Å². The highest BCUT2D eigenvalue weighted by molar-refractivity contribution is 5.70. The van der Waals surface area contributed by atoms with Crippen LogP contribution in [0.3, 0.4) is 0 Å². The Morgan fingerprint density at radius 3 is 2.26 bits per heavy atom. The molecular weight excluding hydrogens is 238 g/mol. The summed E-state index contributed by atoms with van der Waals surface area (Å²) in [6, 6.07) is 0. The molecule has 0 unspecified atom stereocenters. The quantitative estimate of drug-likeness (QED) is 0.592. The minimum absolute atomic E-state index is 0.102. The highest BCUT2D eigenvalue weighted by atomic mass is 16.6. The molecule has 0 aliphatic heterocycles. The molecule has 0 atom stereocenters. The lowest BCUT2D eigenvalue weighted by atomic mass is 9.81. The van der Waals surface area contributed by atoms with Crippen LogP contribution in [0.15, 0.2) is 0 Å². The van der Waals surface area contributed by atoms with Gasteiger partial charge in [-0.15, -0.1) is 0 Å². The van der Waals surface area contributed by atoms with Gasteiger partial charge in [0.15, 0.2) is 0 Å². The van der Waals surface area contributed by atoms with Gasteiger partial charge in [-0.2, -0.15) is 0 Å². The number of ether oxygens (including phenoxy) is 1. The van der Waals surface area contributed by atoms with E-state index in [0.29, 0.717) is 6.42 Å². The summed E-state index contributed by atoms with van der Waals surface area (Å²) in [5.41, 5.74) is -0.365. The molecule has 0 spiro atoms. The first-order chi connectivity index (χ1) is 8.90. The molecule has 1 fully saturated rings. The van der Waals surface area contributed by atoms with Crippen molar-refractivity contribution < 1.29 is 9.53 Å². The summed E-state index contributed by atoms with van der Waals surface area (Å²) in [6.45, 7) is 9.81. The van der Waals surface area contributed by atoms with Gasteiger partial charge in [0, 0.05) is 6.54 Å². The van der Waals surface area contributed by atoms with Crippen molar-refractivity contribution in [2.75, 3.05) is 13.1 Å². The molecule has 0 aromatic heterocycles. The number of rotatable bonds is 6. The summed E-state index contributed by atoms with van der Waals surface area (Å²) in [6.07, 6.45) is 7.26. The van der Waals surface area contributed by atoms with Gasteiger partial charge in [0.1, 0.15) is 5.60 Å². The lowest BCUT2D eigenvalue weighted by molar-refractivity contribution is -0.154. The minimum atomic E-state index is -0.365. The molecule has 1 rings (SSSR count). The summed E-state index contributed by atoms with van der Waals surface area (Å²) in [7, 11) is 0. The van der Waals surface area contributed by atoms with Gasteiger partial charge in [0.05, 0.1) is 6.42 Å². The molecule has 0 amide bonds. The summed E-state index contributed by atoms with van der Waals surface area (Å²) in [5.74, 6) is 1.66. The lowest BCUT2D eigenvalue weighted by Crippen LogP contribution is -2.30. The molecule has 1 saturated carbocycles. The maximum atomic E-state index is 11.5. The first kappa shape index (κ1) is 16.5. The molecule has 0 radical (unpaired) electrons. The van der Waals surface area contributed by atoms with E-state index in [-0.39, 0.29) is 11.6 Å². The summed E-state index contributed by atoms with van der Waals surface area (Å²) >= 11 is 0. The predicted molar refractivity (Wildman–Crippen MR) is 79.1 cm³/mol. The van der Waals surface area contributed by atoms with Crippen molar-refractivity contribution in [3.8, 4) is 0 Å². The average Bonchev–Trinajstić information content (AvgIpc) is 2.33. The van der Waals surface area contributed by atoms with Gasteiger partial charge in [0.2, 0.25) is 0 Å². The van der Waals surface area contributed by atoms with Crippen LogP contribution in [0.5, 0.6) is 0 Å². The Morgan fingerprint density at radius 2 is 1.74 bits per heavy atom. The van der Waals surface area contributed by atoms with Gasteiger partial charge in [-0.05, 0) is 52.0 Å². The SMILES string of the molecule is CCC1CCC(CNCCC(=O)OC(C)(C)C)CC1. The maximum absolute atomic E-state index is 11.5. The van der Waals surface area contributed by atoms with Crippen LogP contribution >= 0.6 is 0 Å². The summed E-state index contributed by atoms with van der Waals surface area (Å²) in [5, 5.41) is 3.40. The second-order valence-corrected chi connectivity index (χ2v) is 6.84. The fourth-order valence-electron chi connectivity index (χ4n) is 2.73. The standard InChI is InChI=1S/C16H31NO2/c1-5-13-6-8-14(9-7-13)12-17-11-10-15(18)19-16(2,3)4/h13-14,17H,5-12H2,1-4H3. The fraction of sp³-hybridized carbons (Fsp3) is 0.938. The molecule has 112 valence electrons. The van der Waals surface area contributed by atoms with E-state index >= 15 is 0 Å². The number of esters is 1. The van der Waals surface area contributed by atoms with Crippen LogP contribution in [0.25, 0.3) is 0 Å². The molecule has 1 N–H and O–H groups in total. The predicted octanol–water partition coefficient (Wildman–Crippen LogP) is 3.52. The van der Waals surface area contributed by atoms with Crippen molar-refractivity contribution in [3.05, 3.63) is 0 Å². The second-order valence-electron chi connectivity index (χ2n) is 6.84. The van der Waals surface area contributed by atoms with E-state index in [1.807, 2.05) is 20.8 Å². The summed E-state index contributed by atoms with van der Waals surface area (Å²) < 4.78 is 5.28. The van der Waals surface area contributed by atoms with E-state index in [0.717, 1.165) is 24.9 Å². The van der Waals surface area contributed by atoms with Crippen LogP contribution < -0.4 is 5.32 Å². The van der Waals surface area contributed by atoms with Crippen molar-refractivity contribution >= 4 is 5.97 Å². The topological polar surface area (TPSA) is 38.3 Å². The van der Waals surface area contributed by atoms with Crippen molar-refractivity contribution in [1.29, 1.82) is 0 Å². The average molecular weight is 269 g/mol. The highest BCUT2D eigenvalue weighted by Crippen LogP contribution is 2.29. The minimum Gasteiger partial charge on any atom is -0.460 e. The number of hydrogen-bond acceptors (Lipinski definition) is 3. The first-order valence-corrected chi connectivity index (χ1v) is 7.83. The van der Waals surface area contributed by atoms with Crippen LogP contribution in [-0.2, 0) is 9.53 Å². The molecule has 3 heteroatoms.